The van der Waals surface area contributed by atoms with Crippen molar-refractivity contribution in [3.63, 3.8) is 0 Å². The molecule has 5 nitrogen and oxygen atoms in total. The van der Waals surface area contributed by atoms with Gasteiger partial charge in [0.15, 0.2) is 0 Å². The number of benzene rings is 2. The van der Waals surface area contributed by atoms with Crippen molar-refractivity contribution >= 4 is 20.1 Å². The van der Waals surface area contributed by atoms with E-state index >= 15 is 0 Å². The molecule has 0 aliphatic carbocycles. The van der Waals surface area contributed by atoms with Gasteiger partial charge >= 0.3 is 12.1 Å². The molecule has 2 aromatic carbocycles. The molecule has 0 saturated heterocycles. The van der Waals surface area contributed by atoms with Gasteiger partial charge in [0, 0.05) is 12.0 Å². The van der Waals surface area contributed by atoms with Gasteiger partial charge in [-0.1, -0.05) is 80.3 Å². The van der Waals surface area contributed by atoms with E-state index in [1.807, 2.05) is 48.5 Å². The summed E-state index contributed by atoms with van der Waals surface area (Å²) in [6.07, 6.45) is -0.271. The normalized spacial score (nSPS) is 13.7. The Morgan fingerprint density at radius 3 is 2.00 bits per heavy atom. The zero-order chi connectivity index (χ0) is 23.1. The van der Waals surface area contributed by atoms with Crippen LogP contribution in [-0.4, -0.2) is 38.4 Å². The average molecular weight is 442 g/mol. The van der Waals surface area contributed by atoms with Crippen LogP contribution in [0.1, 0.15) is 37.4 Å². The minimum absolute atomic E-state index is 0.161. The van der Waals surface area contributed by atoms with E-state index in [2.05, 4.69) is 37.1 Å². The molecule has 1 amide bonds. The molecule has 0 fully saturated rings. The second-order valence-electron chi connectivity index (χ2n) is 9.85. The number of rotatable bonds is 8. The smallest absolute Gasteiger partial charge is 0.407 e. The van der Waals surface area contributed by atoms with E-state index in [-0.39, 0.29) is 12.1 Å². The minimum Gasteiger partial charge on any atom is -0.458 e. The van der Waals surface area contributed by atoms with E-state index in [4.69, 9.17) is 9.47 Å². The molecule has 0 radical (unpaired) electrons. The van der Waals surface area contributed by atoms with Crippen LogP contribution in [0.25, 0.3) is 0 Å². The third kappa shape index (κ3) is 8.57. The molecule has 0 aromatic heterocycles. The minimum atomic E-state index is -1.65. The first-order chi connectivity index (χ1) is 14.5. The van der Waals surface area contributed by atoms with Gasteiger partial charge in [-0.05, 0) is 31.9 Å². The second-order valence-corrected chi connectivity index (χ2v) is 15.3. The topological polar surface area (TPSA) is 64.6 Å². The molecule has 2 rings (SSSR count). The Morgan fingerprint density at radius 1 is 0.935 bits per heavy atom. The molecule has 0 aliphatic rings. The van der Waals surface area contributed by atoms with Crippen molar-refractivity contribution in [1.29, 1.82) is 0 Å². The van der Waals surface area contributed by atoms with Crippen LogP contribution >= 0.6 is 0 Å². The van der Waals surface area contributed by atoms with Crippen molar-refractivity contribution in [3.8, 4) is 0 Å². The number of carbonyl (C=O) groups excluding carboxylic acids is 2. The predicted octanol–water partition coefficient (Wildman–Crippen LogP) is 5.33. The zero-order valence-corrected chi connectivity index (χ0v) is 20.5. The van der Waals surface area contributed by atoms with Crippen LogP contribution in [0.2, 0.25) is 19.6 Å². The number of amides is 1. The summed E-state index contributed by atoms with van der Waals surface area (Å²) in [5.74, 6) is -0.474. The van der Waals surface area contributed by atoms with Crippen molar-refractivity contribution in [1.82, 2.24) is 5.32 Å². The van der Waals surface area contributed by atoms with E-state index < -0.39 is 31.8 Å². The first-order valence-corrected chi connectivity index (χ1v) is 14.3. The van der Waals surface area contributed by atoms with E-state index in [0.717, 1.165) is 5.56 Å². The largest absolute Gasteiger partial charge is 0.458 e. The lowest BCUT2D eigenvalue weighted by atomic mass is 10.1. The fraction of sp³-hybridized carbons (Fsp3) is 0.440. The highest BCUT2D eigenvalue weighted by atomic mass is 28.3. The Morgan fingerprint density at radius 2 is 1.48 bits per heavy atom. The lowest BCUT2D eigenvalue weighted by Gasteiger charge is -2.29. The SMILES string of the molecule is CC(C)(C)OC(=O)[C@H](Cc1ccccc1)NC(=O)OCC(c1ccccc1)[Si](C)(C)C. The second kappa shape index (κ2) is 10.6. The van der Waals surface area contributed by atoms with Crippen LogP contribution in [0.5, 0.6) is 0 Å². The van der Waals surface area contributed by atoms with Gasteiger partial charge in [-0.15, -0.1) is 0 Å². The Kier molecular flexibility index (Phi) is 8.45. The fourth-order valence-corrected chi connectivity index (χ4v) is 5.07. The quantitative estimate of drug-likeness (QED) is 0.444. The number of hydrogen-bond acceptors (Lipinski definition) is 4. The summed E-state index contributed by atoms with van der Waals surface area (Å²) in [5.41, 5.74) is 1.62. The molecule has 0 saturated carbocycles. The van der Waals surface area contributed by atoms with Crippen LogP contribution in [-0.2, 0) is 20.7 Å². The van der Waals surface area contributed by atoms with Crippen LogP contribution in [0.15, 0.2) is 60.7 Å². The number of hydrogen-bond donors (Lipinski definition) is 1. The Balaban J connectivity index is 2.08. The number of esters is 1. The molecule has 0 spiro atoms. The molecule has 1 unspecified atom stereocenters. The summed E-state index contributed by atoms with van der Waals surface area (Å²) in [6.45, 7) is 12.5. The third-order valence-corrected chi connectivity index (χ3v) is 7.49. The fourth-order valence-electron chi connectivity index (χ4n) is 3.29. The first-order valence-electron chi connectivity index (χ1n) is 10.7. The number of ether oxygens (including phenoxy) is 2. The van der Waals surface area contributed by atoms with Crippen LogP contribution in [0, 0.1) is 0 Å². The van der Waals surface area contributed by atoms with Crippen LogP contribution in [0.3, 0.4) is 0 Å². The first kappa shape index (κ1) is 24.7. The molecule has 2 aromatic rings. The van der Waals surface area contributed by atoms with Gasteiger partial charge < -0.3 is 14.8 Å². The zero-order valence-electron chi connectivity index (χ0n) is 19.5. The van der Waals surface area contributed by atoms with Crippen molar-refractivity contribution < 1.29 is 19.1 Å². The maximum Gasteiger partial charge on any atom is 0.407 e. The summed E-state index contributed by atoms with van der Waals surface area (Å²) >= 11 is 0. The maximum atomic E-state index is 12.7. The monoisotopic (exact) mass is 441 g/mol. The lowest BCUT2D eigenvalue weighted by Crippen LogP contribution is -2.46. The Labute approximate surface area is 187 Å². The lowest BCUT2D eigenvalue weighted by molar-refractivity contribution is -0.157. The van der Waals surface area contributed by atoms with Crippen LogP contribution in [0.4, 0.5) is 4.79 Å². The molecule has 168 valence electrons. The predicted molar refractivity (Wildman–Crippen MR) is 127 cm³/mol. The van der Waals surface area contributed by atoms with Gasteiger partial charge in [0.1, 0.15) is 11.6 Å². The highest BCUT2D eigenvalue weighted by molar-refractivity contribution is 6.77. The van der Waals surface area contributed by atoms with E-state index in [1.54, 1.807) is 20.8 Å². The molecule has 2 atom stereocenters. The van der Waals surface area contributed by atoms with E-state index in [9.17, 15) is 9.59 Å². The van der Waals surface area contributed by atoms with Crippen molar-refractivity contribution in [3.05, 3.63) is 71.8 Å². The van der Waals surface area contributed by atoms with Crippen LogP contribution < -0.4 is 5.32 Å². The van der Waals surface area contributed by atoms with Gasteiger partial charge in [0.2, 0.25) is 0 Å². The average Bonchev–Trinajstić information content (AvgIpc) is 2.67. The molecule has 1 N–H and O–H groups in total. The summed E-state index contributed by atoms with van der Waals surface area (Å²) in [6, 6.07) is 18.9. The summed E-state index contributed by atoms with van der Waals surface area (Å²) < 4.78 is 11.1. The molecule has 0 bridgehead atoms. The van der Waals surface area contributed by atoms with Gasteiger partial charge in [-0.25, -0.2) is 9.59 Å². The molecule has 6 heteroatoms. The number of carbonyl (C=O) groups is 2. The third-order valence-electron chi connectivity index (χ3n) is 4.89. The number of alkyl carbamates (subject to hydrolysis) is 1. The highest BCUT2D eigenvalue weighted by Crippen LogP contribution is 2.27. The van der Waals surface area contributed by atoms with Gasteiger partial charge in [-0.3, -0.25) is 0 Å². The molecule has 0 heterocycles. The molecule has 0 aliphatic heterocycles. The van der Waals surface area contributed by atoms with Crippen molar-refractivity contribution in [2.45, 2.75) is 64.0 Å². The molecular weight excluding hydrogens is 406 g/mol. The molecule has 31 heavy (non-hydrogen) atoms. The Bertz CT molecular complexity index is 841. The summed E-state index contributed by atoms with van der Waals surface area (Å²) in [5, 5.41) is 2.73. The van der Waals surface area contributed by atoms with Gasteiger partial charge in [0.25, 0.3) is 0 Å². The summed E-state index contributed by atoms with van der Waals surface area (Å²) in [4.78, 5) is 25.4. The Hall–Kier alpha value is -2.60. The molecular formula is C25H35NO4Si. The van der Waals surface area contributed by atoms with Crippen molar-refractivity contribution in [2.75, 3.05) is 6.61 Å². The summed E-state index contributed by atoms with van der Waals surface area (Å²) in [7, 11) is -1.65. The number of nitrogens with one attached hydrogen (secondary N) is 1. The van der Waals surface area contributed by atoms with E-state index in [1.165, 1.54) is 5.56 Å². The van der Waals surface area contributed by atoms with Gasteiger partial charge in [0.05, 0.1) is 14.7 Å². The highest BCUT2D eigenvalue weighted by Gasteiger charge is 2.31. The van der Waals surface area contributed by atoms with Gasteiger partial charge in [-0.2, -0.15) is 0 Å². The van der Waals surface area contributed by atoms with E-state index in [0.29, 0.717) is 6.42 Å². The standard InChI is InChI=1S/C25H35NO4Si/c1-25(2,3)30-23(27)21(17-19-13-9-7-10-14-19)26-24(28)29-18-22(31(4,5)6)20-15-11-8-12-16-20/h7-16,21-22H,17-18H2,1-6H3,(H,26,28)/t21-,22?/m0/s1. The van der Waals surface area contributed by atoms with Crippen molar-refractivity contribution in [2.24, 2.45) is 0 Å². The maximum absolute atomic E-state index is 12.7.